The van der Waals surface area contributed by atoms with E-state index in [1.165, 1.54) is 35.7 Å². The molecule has 25 heavy (non-hydrogen) atoms. The number of halogens is 2. The Labute approximate surface area is 157 Å². The molecular formula is C17H16Cl2N2O3S. The van der Waals surface area contributed by atoms with Gasteiger partial charge in [-0.25, -0.2) is 8.42 Å². The molecule has 0 spiro atoms. The largest absolute Gasteiger partial charge is 0.383 e. The molecule has 2 aromatic carbocycles. The molecule has 0 amide bonds. The molecule has 2 rings (SSSR count). The highest BCUT2D eigenvalue weighted by Gasteiger charge is 2.24. The summed E-state index contributed by atoms with van der Waals surface area (Å²) >= 11 is 11.9. The van der Waals surface area contributed by atoms with E-state index in [0.717, 1.165) is 0 Å². The van der Waals surface area contributed by atoms with Gasteiger partial charge in [-0.1, -0.05) is 29.3 Å². The number of methoxy groups -OCH3 is 1. The Kier molecular flexibility index (Phi) is 6.82. The van der Waals surface area contributed by atoms with Crippen LogP contribution in [-0.2, 0) is 21.3 Å². The molecule has 8 heteroatoms. The zero-order valence-electron chi connectivity index (χ0n) is 13.4. The van der Waals surface area contributed by atoms with Crippen molar-refractivity contribution in [2.24, 2.45) is 0 Å². The fourth-order valence-electron chi connectivity index (χ4n) is 2.17. The molecule has 0 saturated heterocycles. The highest BCUT2D eigenvalue weighted by molar-refractivity contribution is 7.89. The highest BCUT2D eigenvalue weighted by atomic mass is 35.5. The van der Waals surface area contributed by atoms with Gasteiger partial charge in [-0.15, -0.1) is 0 Å². The minimum atomic E-state index is -3.75. The third-order valence-corrected chi connectivity index (χ3v) is 6.11. The summed E-state index contributed by atoms with van der Waals surface area (Å²) < 4.78 is 32.2. The van der Waals surface area contributed by atoms with Crippen molar-refractivity contribution in [3.05, 3.63) is 63.6 Å². The molecule has 0 saturated carbocycles. The van der Waals surface area contributed by atoms with Crippen LogP contribution in [0.2, 0.25) is 10.0 Å². The number of ether oxygens (including phenoxy) is 1. The van der Waals surface area contributed by atoms with Gasteiger partial charge in [-0.3, -0.25) is 0 Å². The summed E-state index contributed by atoms with van der Waals surface area (Å²) in [4.78, 5) is 0.114. The quantitative estimate of drug-likeness (QED) is 0.712. The highest BCUT2D eigenvalue weighted by Crippen LogP contribution is 2.25. The summed E-state index contributed by atoms with van der Waals surface area (Å²) in [6.45, 7) is 0.554. The van der Waals surface area contributed by atoms with Crippen LogP contribution in [0.4, 0.5) is 0 Å². The minimum absolute atomic E-state index is 0.114. The molecule has 0 aliphatic heterocycles. The van der Waals surface area contributed by atoms with Crippen molar-refractivity contribution in [1.29, 1.82) is 5.26 Å². The first-order chi connectivity index (χ1) is 11.9. The van der Waals surface area contributed by atoms with Gasteiger partial charge in [0.2, 0.25) is 10.0 Å². The molecule has 0 heterocycles. The zero-order valence-corrected chi connectivity index (χ0v) is 15.8. The molecule has 0 aromatic heterocycles. The number of nitriles is 1. The second-order valence-corrected chi connectivity index (χ2v) is 7.97. The van der Waals surface area contributed by atoms with Gasteiger partial charge in [0.1, 0.15) is 0 Å². The molecule has 0 aliphatic carbocycles. The Bertz CT molecular complexity index is 878. The van der Waals surface area contributed by atoms with Crippen LogP contribution < -0.4 is 0 Å². The summed E-state index contributed by atoms with van der Waals surface area (Å²) in [6.07, 6.45) is 0. The fraction of sp³-hybridized carbons (Fsp3) is 0.235. The van der Waals surface area contributed by atoms with Gasteiger partial charge in [0.05, 0.1) is 33.2 Å². The maximum Gasteiger partial charge on any atom is 0.243 e. The van der Waals surface area contributed by atoms with Crippen LogP contribution in [0.1, 0.15) is 11.1 Å². The van der Waals surface area contributed by atoms with E-state index in [4.69, 9.17) is 33.2 Å². The number of rotatable bonds is 7. The van der Waals surface area contributed by atoms with Crippen LogP contribution in [0, 0.1) is 11.3 Å². The zero-order chi connectivity index (χ0) is 18.4. The summed E-state index contributed by atoms with van der Waals surface area (Å²) in [6, 6.07) is 12.7. The first kappa shape index (κ1) is 19.7. The monoisotopic (exact) mass is 398 g/mol. The van der Waals surface area contributed by atoms with Gasteiger partial charge in [0, 0.05) is 20.2 Å². The fourth-order valence-corrected chi connectivity index (χ4v) is 3.90. The predicted octanol–water partition coefficient (Wildman–Crippen LogP) is 3.70. The Balaban J connectivity index is 2.33. The number of hydrogen-bond acceptors (Lipinski definition) is 4. The smallest absolute Gasteiger partial charge is 0.243 e. The molecule has 0 radical (unpaired) electrons. The Morgan fingerprint density at radius 2 is 1.80 bits per heavy atom. The summed E-state index contributed by atoms with van der Waals surface area (Å²) in [5, 5.41) is 9.62. The van der Waals surface area contributed by atoms with Crippen LogP contribution in [-0.4, -0.2) is 33.0 Å². The van der Waals surface area contributed by atoms with E-state index in [1.807, 2.05) is 6.07 Å². The van der Waals surface area contributed by atoms with Crippen LogP contribution in [0.3, 0.4) is 0 Å². The third kappa shape index (κ3) is 4.94. The first-order valence-electron chi connectivity index (χ1n) is 7.31. The van der Waals surface area contributed by atoms with Gasteiger partial charge in [-0.2, -0.15) is 9.57 Å². The van der Waals surface area contributed by atoms with E-state index in [2.05, 4.69) is 0 Å². The predicted molar refractivity (Wildman–Crippen MR) is 97.1 cm³/mol. The topological polar surface area (TPSA) is 70.4 Å². The molecule has 132 valence electrons. The van der Waals surface area contributed by atoms with Crippen LogP contribution in [0.5, 0.6) is 0 Å². The van der Waals surface area contributed by atoms with E-state index in [0.29, 0.717) is 21.2 Å². The summed E-state index contributed by atoms with van der Waals surface area (Å²) in [7, 11) is -2.25. The maximum atomic E-state index is 12.9. The molecule has 0 unspecified atom stereocenters. The molecule has 0 atom stereocenters. The summed E-state index contributed by atoms with van der Waals surface area (Å²) in [5.74, 6) is 0. The van der Waals surface area contributed by atoms with Gasteiger partial charge in [0.15, 0.2) is 0 Å². The standard InChI is InChI=1S/C17H16Cl2N2O3S/c1-24-9-8-21(12-14-4-7-16(18)17(19)10-14)25(22,23)15-5-2-13(11-20)3-6-15/h2-7,10H,8-9,12H2,1H3. The van der Waals surface area contributed by atoms with Crippen molar-refractivity contribution >= 4 is 33.2 Å². The van der Waals surface area contributed by atoms with Crippen molar-refractivity contribution in [1.82, 2.24) is 4.31 Å². The number of nitrogens with zero attached hydrogens (tertiary/aromatic N) is 2. The first-order valence-corrected chi connectivity index (χ1v) is 9.51. The van der Waals surface area contributed by atoms with E-state index in [1.54, 1.807) is 18.2 Å². The van der Waals surface area contributed by atoms with E-state index in [9.17, 15) is 8.42 Å². The average molecular weight is 399 g/mol. The lowest BCUT2D eigenvalue weighted by Gasteiger charge is -2.22. The van der Waals surface area contributed by atoms with Crippen molar-refractivity contribution in [3.8, 4) is 6.07 Å². The van der Waals surface area contributed by atoms with E-state index < -0.39 is 10.0 Å². The minimum Gasteiger partial charge on any atom is -0.383 e. The number of hydrogen-bond donors (Lipinski definition) is 0. The van der Waals surface area contributed by atoms with Crippen molar-refractivity contribution in [2.45, 2.75) is 11.4 Å². The van der Waals surface area contributed by atoms with Crippen LogP contribution >= 0.6 is 23.2 Å². The maximum absolute atomic E-state index is 12.9. The molecule has 0 N–H and O–H groups in total. The lowest BCUT2D eigenvalue weighted by Crippen LogP contribution is -2.33. The van der Waals surface area contributed by atoms with Gasteiger partial charge in [0.25, 0.3) is 0 Å². The SMILES string of the molecule is COCCN(Cc1ccc(Cl)c(Cl)c1)S(=O)(=O)c1ccc(C#N)cc1. The average Bonchev–Trinajstić information content (AvgIpc) is 2.61. The Morgan fingerprint density at radius 1 is 1.12 bits per heavy atom. The lowest BCUT2D eigenvalue weighted by molar-refractivity contribution is 0.177. The van der Waals surface area contributed by atoms with Crippen molar-refractivity contribution < 1.29 is 13.2 Å². The van der Waals surface area contributed by atoms with Crippen molar-refractivity contribution in [2.75, 3.05) is 20.3 Å². The Morgan fingerprint density at radius 3 is 2.36 bits per heavy atom. The molecule has 0 fully saturated rings. The molecule has 5 nitrogen and oxygen atoms in total. The van der Waals surface area contributed by atoms with Crippen LogP contribution in [0.15, 0.2) is 47.4 Å². The van der Waals surface area contributed by atoms with Gasteiger partial charge < -0.3 is 4.74 Å². The number of sulfonamides is 1. The molecular weight excluding hydrogens is 383 g/mol. The van der Waals surface area contributed by atoms with Gasteiger partial charge in [-0.05, 0) is 42.0 Å². The Hall–Kier alpha value is -1.62. The van der Waals surface area contributed by atoms with E-state index >= 15 is 0 Å². The second-order valence-electron chi connectivity index (χ2n) is 5.22. The van der Waals surface area contributed by atoms with E-state index in [-0.39, 0.29) is 24.6 Å². The van der Waals surface area contributed by atoms with Crippen molar-refractivity contribution in [3.63, 3.8) is 0 Å². The van der Waals surface area contributed by atoms with Crippen LogP contribution in [0.25, 0.3) is 0 Å². The van der Waals surface area contributed by atoms with Gasteiger partial charge >= 0.3 is 0 Å². The third-order valence-electron chi connectivity index (χ3n) is 3.51. The number of benzene rings is 2. The molecule has 0 bridgehead atoms. The summed E-state index contributed by atoms with van der Waals surface area (Å²) in [5.41, 5.74) is 1.11. The molecule has 2 aromatic rings. The second kappa shape index (κ2) is 8.65. The molecule has 0 aliphatic rings. The normalized spacial score (nSPS) is 11.5. The lowest BCUT2D eigenvalue weighted by atomic mass is 10.2.